The van der Waals surface area contributed by atoms with Gasteiger partial charge in [0.2, 0.25) is 0 Å². The molecule has 1 aromatic heterocycles. The second kappa shape index (κ2) is 4.69. The molecule has 2 rings (SSSR count). The van der Waals surface area contributed by atoms with Crippen molar-refractivity contribution in [1.29, 1.82) is 0 Å². The smallest absolute Gasteiger partial charge is 0.356 e. The molecule has 0 N–H and O–H groups in total. The van der Waals surface area contributed by atoms with Gasteiger partial charge < -0.3 is 4.42 Å². The van der Waals surface area contributed by atoms with Gasteiger partial charge in [-0.05, 0) is 0 Å². The van der Waals surface area contributed by atoms with E-state index in [1.165, 1.54) is 0 Å². The third kappa shape index (κ3) is 2.01. The van der Waals surface area contributed by atoms with Gasteiger partial charge in [-0.15, -0.1) is 0 Å². The van der Waals surface area contributed by atoms with E-state index in [2.05, 4.69) is 0 Å². The molecule has 0 atom stereocenters. The van der Waals surface area contributed by atoms with Gasteiger partial charge in [-0.1, -0.05) is 69.6 Å². The predicted octanol–water partition coefficient (Wildman–Crippen LogP) is 5.71. The molecule has 0 saturated heterocycles. The summed E-state index contributed by atoms with van der Waals surface area (Å²) in [6, 6.07) is 0. The number of benzene rings is 1. The topological polar surface area (TPSA) is 30.2 Å². The molecule has 17 heavy (non-hydrogen) atoms. The summed E-state index contributed by atoms with van der Waals surface area (Å²) in [7, 11) is 0. The number of rotatable bonds is 0. The Morgan fingerprint density at radius 2 is 1.12 bits per heavy atom. The zero-order chi connectivity index (χ0) is 12.9. The zero-order valence-electron chi connectivity index (χ0n) is 7.58. The van der Waals surface area contributed by atoms with Gasteiger partial charge in [-0.25, -0.2) is 4.79 Å². The summed E-state index contributed by atoms with van der Waals surface area (Å²) in [6.45, 7) is 0. The Kier molecular flexibility index (Phi) is 3.75. The molecule has 0 amide bonds. The summed E-state index contributed by atoms with van der Waals surface area (Å²) in [4.78, 5) is 11.4. The van der Waals surface area contributed by atoms with Gasteiger partial charge in [-0.2, -0.15) is 0 Å². The molecule has 0 saturated carbocycles. The molecule has 0 unspecified atom stereocenters. The molecule has 2 aromatic rings. The van der Waals surface area contributed by atoms with Crippen LogP contribution in [0.1, 0.15) is 0 Å². The van der Waals surface area contributed by atoms with Gasteiger partial charge in [0.25, 0.3) is 0 Å². The van der Waals surface area contributed by atoms with Crippen molar-refractivity contribution in [3.63, 3.8) is 0 Å². The van der Waals surface area contributed by atoms with Crippen LogP contribution in [0.25, 0.3) is 11.0 Å². The van der Waals surface area contributed by atoms with Crippen molar-refractivity contribution in [2.75, 3.05) is 0 Å². The normalized spacial score (nSPS) is 11.2. The van der Waals surface area contributed by atoms with E-state index in [1.54, 1.807) is 0 Å². The molecule has 0 aliphatic rings. The Morgan fingerprint density at radius 1 is 0.647 bits per heavy atom. The summed E-state index contributed by atoms with van der Waals surface area (Å²) in [5.74, 6) is 0. The Hall–Kier alpha value is 0.170. The van der Waals surface area contributed by atoms with Crippen LogP contribution in [-0.2, 0) is 0 Å². The van der Waals surface area contributed by atoms with Gasteiger partial charge >= 0.3 is 5.63 Å². The van der Waals surface area contributed by atoms with Crippen molar-refractivity contribution in [3.8, 4) is 0 Å². The van der Waals surface area contributed by atoms with E-state index in [1.807, 2.05) is 0 Å². The predicted molar refractivity (Wildman–Crippen MR) is 72.5 cm³/mol. The molecular weight excluding hydrogens is 353 g/mol. The highest BCUT2D eigenvalue weighted by molar-refractivity contribution is 6.57. The second-order valence-electron chi connectivity index (χ2n) is 2.98. The molecule has 2 nitrogen and oxygen atoms in total. The standard InChI is InChI=1S/C9Cl6O2/c10-2-1-3(11)7(15)9(16)17-8(1)6(14)5(13)4(2)12. The maximum atomic E-state index is 11.4. The van der Waals surface area contributed by atoms with Crippen LogP contribution in [0.4, 0.5) is 0 Å². The fourth-order valence-electron chi connectivity index (χ4n) is 1.24. The van der Waals surface area contributed by atoms with Crippen molar-refractivity contribution in [3.05, 3.63) is 40.6 Å². The first-order valence-corrected chi connectivity index (χ1v) is 6.26. The minimum absolute atomic E-state index is 0.0117. The highest BCUT2D eigenvalue weighted by atomic mass is 35.5. The lowest BCUT2D eigenvalue weighted by molar-refractivity contribution is 0.561. The molecule has 0 bridgehead atoms. The maximum absolute atomic E-state index is 11.4. The largest absolute Gasteiger partial charge is 0.420 e. The number of hydrogen-bond acceptors (Lipinski definition) is 2. The van der Waals surface area contributed by atoms with Crippen LogP contribution in [0.5, 0.6) is 0 Å². The first kappa shape index (κ1) is 13.6. The average Bonchev–Trinajstić information content (AvgIpc) is 2.30. The molecule has 0 aliphatic heterocycles. The SMILES string of the molecule is O=c1oc2c(Cl)c(Cl)c(Cl)c(Cl)c2c(Cl)c1Cl. The van der Waals surface area contributed by atoms with Gasteiger partial charge in [-0.3, -0.25) is 0 Å². The van der Waals surface area contributed by atoms with Crippen molar-refractivity contribution < 1.29 is 4.42 Å². The Labute approximate surface area is 125 Å². The lowest BCUT2D eigenvalue weighted by Gasteiger charge is -2.08. The highest BCUT2D eigenvalue weighted by Gasteiger charge is 2.22. The Balaban J connectivity index is 3.18. The molecule has 0 aliphatic carbocycles. The van der Waals surface area contributed by atoms with Crippen LogP contribution < -0.4 is 5.63 Å². The molecule has 90 valence electrons. The van der Waals surface area contributed by atoms with Crippen LogP contribution >= 0.6 is 69.6 Å². The third-order valence-corrected chi connectivity index (χ3v) is 4.61. The summed E-state index contributed by atoms with van der Waals surface area (Å²) >= 11 is 35.1. The summed E-state index contributed by atoms with van der Waals surface area (Å²) < 4.78 is 4.89. The minimum atomic E-state index is -0.833. The molecular formula is C9Cl6O2. The van der Waals surface area contributed by atoms with E-state index < -0.39 is 5.63 Å². The average molecular weight is 353 g/mol. The summed E-state index contributed by atoms with van der Waals surface area (Å²) in [5, 5.41) is -0.264. The van der Waals surface area contributed by atoms with Crippen molar-refractivity contribution in [2.24, 2.45) is 0 Å². The lowest BCUT2D eigenvalue weighted by atomic mass is 10.2. The first-order valence-electron chi connectivity index (χ1n) is 4.00. The van der Waals surface area contributed by atoms with Gasteiger partial charge in [0, 0.05) is 0 Å². The molecule has 1 aromatic carbocycles. The molecule has 1 heterocycles. The van der Waals surface area contributed by atoms with E-state index >= 15 is 0 Å². The van der Waals surface area contributed by atoms with E-state index in [0.29, 0.717) is 0 Å². The molecule has 8 heteroatoms. The van der Waals surface area contributed by atoms with Crippen LogP contribution in [0.2, 0.25) is 30.1 Å². The molecule has 0 radical (unpaired) electrons. The minimum Gasteiger partial charge on any atom is -0.420 e. The van der Waals surface area contributed by atoms with Crippen molar-refractivity contribution in [2.45, 2.75) is 0 Å². The fraction of sp³-hybridized carbons (Fsp3) is 0. The maximum Gasteiger partial charge on any atom is 0.356 e. The lowest BCUT2D eigenvalue weighted by Crippen LogP contribution is -2.01. The Morgan fingerprint density at radius 3 is 1.71 bits per heavy atom. The van der Waals surface area contributed by atoms with Gasteiger partial charge in [0.05, 0.1) is 25.5 Å². The highest BCUT2D eigenvalue weighted by Crippen LogP contribution is 2.45. The fourth-order valence-corrected chi connectivity index (χ4v) is 2.65. The van der Waals surface area contributed by atoms with Crippen LogP contribution in [0.3, 0.4) is 0 Å². The van der Waals surface area contributed by atoms with E-state index in [9.17, 15) is 4.79 Å². The van der Waals surface area contributed by atoms with Crippen LogP contribution in [0.15, 0.2) is 9.21 Å². The van der Waals surface area contributed by atoms with Gasteiger partial charge in [0.15, 0.2) is 5.58 Å². The molecule has 0 fully saturated rings. The number of halogens is 6. The zero-order valence-corrected chi connectivity index (χ0v) is 12.1. The van der Waals surface area contributed by atoms with Crippen LogP contribution in [0, 0.1) is 0 Å². The van der Waals surface area contributed by atoms with E-state index in [0.717, 1.165) is 0 Å². The van der Waals surface area contributed by atoms with Crippen molar-refractivity contribution >= 4 is 80.6 Å². The third-order valence-electron chi connectivity index (χ3n) is 2.01. The summed E-state index contributed by atoms with van der Waals surface area (Å²) in [5.41, 5.74) is -0.883. The second-order valence-corrected chi connectivity index (χ2v) is 5.25. The first-order chi connectivity index (χ1) is 7.86. The van der Waals surface area contributed by atoms with Gasteiger partial charge in [0.1, 0.15) is 10.0 Å². The number of fused-ring (bicyclic) bond motifs is 1. The summed E-state index contributed by atoms with van der Waals surface area (Å²) in [6.07, 6.45) is 0. The Bertz CT molecular complexity index is 690. The monoisotopic (exact) mass is 350 g/mol. The van der Waals surface area contributed by atoms with Crippen LogP contribution in [-0.4, -0.2) is 0 Å². The van der Waals surface area contributed by atoms with E-state index in [-0.39, 0.29) is 41.1 Å². The molecule has 0 spiro atoms. The van der Waals surface area contributed by atoms with E-state index in [4.69, 9.17) is 74.0 Å². The number of hydrogen-bond donors (Lipinski definition) is 0. The quantitative estimate of drug-likeness (QED) is 0.345. The van der Waals surface area contributed by atoms with Crippen molar-refractivity contribution in [1.82, 2.24) is 0 Å².